The van der Waals surface area contributed by atoms with Gasteiger partial charge in [-0.3, -0.25) is 0 Å². The standard InChI is InChI=1S/C18H35N/c1-3-5-6-7-8-9-10-11-12-13-14-15-17-18(19)16-4-2/h3,5-6,18H,1,4,7-17,19H2,2H3/b6-5-. The van der Waals surface area contributed by atoms with Crippen molar-refractivity contribution in [1.29, 1.82) is 0 Å². The van der Waals surface area contributed by atoms with Gasteiger partial charge in [0, 0.05) is 6.04 Å². The third kappa shape index (κ3) is 15.4. The quantitative estimate of drug-likeness (QED) is 0.314. The lowest BCUT2D eigenvalue weighted by molar-refractivity contribution is 0.503. The molecule has 0 bridgehead atoms. The summed E-state index contributed by atoms with van der Waals surface area (Å²) >= 11 is 0. The van der Waals surface area contributed by atoms with Crippen LogP contribution in [0.4, 0.5) is 0 Å². The molecule has 0 rings (SSSR count). The Labute approximate surface area is 121 Å². The van der Waals surface area contributed by atoms with Crippen LogP contribution in [0.15, 0.2) is 24.8 Å². The molecule has 0 spiro atoms. The van der Waals surface area contributed by atoms with Gasteiger partial charge < -0.3 is 5.73 Å². The molecule has 0 saturated heterocycles. The number of hydrogen-bond donors (Lipinski definition) is 1. The molecule has 0 aliphatic carbocycles. The summed E-state index contributed by atoms with van der Waals surface area (Å²) in [5, 5.41) is 0. The summed E-state index contributed by atoms with van der Waals surface area (Å²) in [4.78, 5) is 0. The van der Waals surface area contributed by atoms with E-state index in [1.165, 1.54) is 77.0 Å². The summed E-state index contributed by atoms with van der Waals surface area (Å²) in [6.45, 7) is 5.89. The number of unbranched alkanes of at least 4 members (excludes halogenated alkanes) is 8. The molecule has 0 saturated carbocycles. The summed E-state index contributed by atoms with van der Waals surface area (Å²) in [6, 6.07) is 0.452. The van der Waals surface area contributed by atoms with Gasteiger partial charge in [-0.25, -0.2) is 0 Å². The smallest absolute Gasteiger partial charge is 0.00387 e. The lowest BCUT2D eigenvalue weighted by atomic mass is 10.0. The average molecular weight is 265 g/mol. The van der Waals surface area contributed by atoms with E-state index < -0.39 is 0 Å². The highest BCUT2D eigenvalue weighted by Crippen LogP contribution is 2.12. The Morgan fingerprint density at radius 3 is 2.05 bits per heavy atom. The zero-order chi connectivity index (χ0) is 14.2. The molecule has 0 aliphatic heterocycles. The topological polar surface area (TPSA) is 26.0 Å². The van der Waals surface area contributed by atoms with E-state index in [-0.39, 0.29) is 0 Å². The lowest BCUT2D eigenvalue weighted by Crippen LogP contribution is -2.18. The monoisotopic (exact) mass is 265 g/mol. The molecule has 0 heterocycles. The van der Waals surface area contributed by atoms with Crippen LogP contribution in [0.5, 0.6) is 0 Å². The minimum absolute atomic E-state index is 0.452. The maximum atomic E-state index is 6.00. The molecule has 0 amide bonds. The largest absolute Gasteiger partial charge is 0.328 e. The van der Waals surface area contributed by atoms with E-state index in [4.69, 9.17) is 5.73 Å². The van der Waals surface area contributed by atoms with Crippen LogP contribution in [0.3, 0.4) is 0 Å². The van der Waals surface area contributed by atoms with Crippen LogP contribution in [0.2, 0.25) is 0 Å². The fourth-order valence-corrected chi connectivity index (χ4v) is 2.44. The van der Waals surface area contributed by atoms with Crippen molar-refractivity contribution >= 4 is 0 Å². The first-order chi connectivity index (χ1) is 9.31. The molecular weight excluding hydrogens is 230 g/mol. The molecule has 19 heavy (non-hydrogen) atoms. The van der Waals surface area contributed by atoms with Gasteiger partial charge in [-0.1, -0.05) is 83.1 Å². The molecule has 0 aromatic heterocycles. The van der Waals surface area contributed by atoms with Gasteiger partial charge in [-0.15, -0.1) is 0 Å². The molecule has 1 nitrogen and oxygen atoms in total. The maximum Gasteiger partial charge on any atom is 0.00387 e. The number of rotatable bonds is 14. The van der Waals surface area contributed by atoms with Gasteiger partial charge in [0.2, 0.25) is 0 Å². The molecule has 1 atom stereocenters. The maximum absolute atomic E-state index is 6.00. The van der Waals surface area contributed by atoms with Gasteiger partial charge in [-0.2, -0.15) is 0 Å². The molecule has 0 fully saturated rings. The third-order valence-electron chi connectivity index (χ3n) is 3.63. The molecule has 2 N–H and O–H groups in total. The van der Waals surface area contributed by atoms with Gasteiger partial charge in [0.25, 0.3) is 0 Å². The second-order valence-corrected chi connectivity index (χ2v) is 5.62. The van der Waals surface area contributed by atoms with E-state index in [0.29, 0.717) is 6.04 Å². The van der Waals surface area contributed by atoms with Gasteiger partial charge in [-0.05, 0) is 25.7 Å². The second kappa shape index (κ2) is 15.5. The van der Waals surface area contributed by atoms with Crippen molar-refractivity contribution in [2.75, 3.05) is 0 Å². The van der Waals surface area contributed by atoms with Gasteiger partial charge in [0.1, 0.15) is 0 Å². The zero-order valence-corrected chi connectivity index (χ0v) is 13.1. The van der Waals surface area contributed by atoms with Crippen molar-refractivity contribution in [3.63, 3.8) is 0 Å². The number of nitrogens with two attached hydrogens (primary N) is 1. The Morgan fingerprint density at radius 2 is 1.47 bits per heavy atom. The first-order valence-corrected chi connectivity index (χ1v) is 8.34. The van der Waals surface area contributed by atoms with Crippen LogP contribution >= 0.6 is 0 Å². The van der Waals surface area contributed by atoms with E-state index in [1.54, 1.807) is 0 Å². The predicted octanol–water partition coefficient (Wildman–Crippen LogP) is 5.76. The minimum atomic E-state index is 0.452. The predicted molar refractivity (Wildman–Crippen MR) is 88.4 cm³/mol. The summed E-state index contributed by atoms with van der Waals surface area (Å²) < 4.78 is 0. The Balaban J connectivity index is 3.06. The first kappa shape index (κ1) is 18.4. The SMILES string of the molecule is C=C/C=C\CCCCCCCCCCC(N)CCC. The Kier molecular flexibility index (Phi) is 15.0. The van der Waals surface area contributed by atoms with Crippen LogP contribution in [-0.2, 0) is 0 Å². The van der Waals surface area contributed by atoms with E-state index in [1.807, 2.05) is 12.2 Å². The molecule has 112 valence electrons. The third-order valence-corrected chi connectivity index (χ3v) is 3.63. The number of hydrogen-bond acceptors (Lipinski definition) is 1. The summed E-state index contributed by atoms with van der Waals surface area (Å²) in [7, 11) is 0. The fraction of sp³-hybridized carbons (Fsp3) is 0.778. The van der Waals surface area contributed by atoms with Gasteiger partial charge >= 0.3 is 0 Å². The fourth-order valence-electron chi connectivity index (χ4n) is 2.44. The van der Waals surface area contributed by atoms with Crippen molar-refractivity contribution in [2.24, 2.45) is 5.73 Å². The molecule has 0 aromatic rings. The van der Waals surface area contributed by atoms with Crippen molar-refractivity contribution in [2.45, 2.75) is 90.0 Å². The molecule has 0 aromatic carbocycles. The van der Waals surface area contributed by atoms with Crippen LogP contribution < -0.4 is 5.73 Å². The molecular formula is C18H35N. The normalized spacial score (nSPS) is 12.9. The second-order valence-electron chi connectivity index (χ2n) is 5.62. The Bertz CT molecular complexity index is 208. The van der Waals surface area contributed by atoms with Crippen LogP contribution in [-0.4, -0.2) is 6.04 Å². The zero-order valence-electron chi connectivity index (χ0n) is 13.1. The highest BCUT2D eigenvalue weighted by molar-refractivity contribution is 4.96. The summed E-state index contributed by atoms with van der Waals surface area (Å²) in [6.07, 6.45) is 22.0. The summed E-state index contributed by atoms with van der Waals surface area (Å²) in [5.41, 5.74) is 6.00. The van der Waals surface area contributed by atoms with Crippen LogP contribution in [0, 0.1) is 0 Å². The van der Waals surface area contributed by atoms with Crippen molar-refractivity contribution in [3.05, 3.63) is 24.8 Å². The molecule has 0 radical (unpaired) electrons. The van der Waals surface area contributed by atoms with E-state index in [9.17, 15) is 0 Å². The van der Waals surface area contributed by atoms with Crippen molar-refractivity contribution in [3.8, 4) is 0 Å². The first-order valence-electron chi connectivity index (χ1n) is 8.34. The van der Waals surface area contributed by atoms with Crippen molar-refractivity contribution < 1.29 is 0 Å². The summed E-state index contributed by atoms with van der Waals surface area (Å²) in [5.74, 6) is 0. The molecule has 0 aliphatic rings. The molecule has 1 unspecified atom stereocenters. The van der Waals surface area contributed by atoms with Gasteiger partial charge in [0.15, 0.2) is 0 Å². The van der Waals surface area contributed by atoms with E-state index in [0.717, 1.165) is 0 Å². The average Bonchev–Trinajstić information content (AvgIpc) is 2.40. The van der Waals surface area contributed by atoms with Crippen LogP contribution in [0.1, 0.15) is 84.0 Å². The molecule has 1 heteroatoms. The minimum Gasteiger partial charge on any atom is -0.328 e. The highest BCUT2D eigenvalue weighted by Gasteiger charge is 2.00. The van der Waals surface area contributed by atoms with E-state index in [2.05, 4.69) is 19.6 Å². The number of allylic oxidation sites excluding steroid dienone is 3. The van der Waals surface area contributed by atoms with Gasteiger partial charge in [0.05, 0.1) is 0 Å². The Hall–Kier alpha value is -0.560. The Morgan fingerprint density at radius 1 is 0.895 bits per heavy atom. The van der Waals surface area contributed by atoms with Crippen molar-refractivity contribution in [1.82, 2.24) is 0 Å². The van der Waals surface area contributed by atoms with Crippen LogP contribution in [0.25, 0.3) is 0 Å². The highest BCUT2D eigenvalue weighted by atomic mass is 14.6. The van der Waals surface area contributed by atoms with E-state index >= 15 is 0 Å². The lowest BCUT2D eigenvalue weighted by Gasteiger charge is -2.09.